The number of hydrogen-bond acceptors (Lipinski definition) is 1. The molecule has 1 N–H and O–H groups in total. The van der Waals surface area contributed by atoms with E-state index in [1.807, 2.05) is 0 Å². The monoisotopic (exact) mass is 271 g/mol. The Bertz CT molecular complexity index is 258. The highest BCUT2D eigenvalue weighted by molar-refractivity contribution is 6.20. The van der Waals surface area contributed by atoms with Gasteiger partial charge in [-0.1, -0.05) is 12.8 Å². The van der Waals surface area contributed by atoms with Crippen LogP contribution in [0.1, 0.15) is 38.5 Å². The van der Waals surface area contributed by atoms with Crippen LogP contribution in [0.5, 0.6) is 0 Å². The van der Waals surface area contributed by atoms with E-state index in [9.17, 15) is 18.0 Å². The van der Waals surface area contributed by atoms with E-state index < -0.39 is 24.9 Å². The number of nitrogens with one attached hydrogen (secondary N) is 1. The van der Waals surface area contributed by atoms with Crippen molar-refractivity contribution in [3.05, 3.63) is 0 Å². The molecule has 0 aromatic rings. The summed E-state index contributed by atoms with van der Waals surface area (Å²) in [5.74, 6) is -0.350. The van der Waals surface area contributed by atoms with E-state index in [1.165, 1.54) is 0 Å². The molecule has 0 radical (unpaired) electrons. The van der Waals surface area contributed by atoms with E-state index in [0.717, 1.165) is 25.7 Å². The molecule has 100 valence electrons. The van der Waals surface area contributed by atoms with Crippen LogP contribution in [-0.4, -0.2) is 24.0 Å². The van der Waals surface area contributed by atoms with Crippen molar-refractivity contribution in [3.8, 4) is 0 Å². The molecule has 1 saturated carbocycles. The molecular weight excluding hydrogens is 255 g/mol. The summed E-state index contributed by atoms with van der Waals surface area (Å²) in [6, 6.07) is 0. The normalized spacial score (nSPS) is 25.6. The highest BCUT2D eigenvalue weighted by Crippen LogP contribution is 2.28. The molecule has 1 rings (SSSR count). The van der Waals surface area contributed by atoms with Gasteiger partial charge in [-0.15, -0.1) is 11.6 Å². The van der Waals surface area contributed by atoms with E-state index in [4.69, 9.17) is 11.6 Å². The SMILES string of the molecule is O=C(CCC(F)(F)F)NCC1CCCCC1Cl. The Morgan fingerprint density at radius 3 is 2.53 bits per heavy atom. The third-order valence-electron chi connectivity index (χ3n) is 3.01. The van der Waals surface area contributed by atoms with Crippen LogP contribution in [0, 0.1) is 5.92 Å². The second-order valence-corrected chi connectivity index (χ2v) is 5.04. The van der Waals surface area contributed by atoms with Crippen molar-refractivity contribution in [2.45, 2.75) is 50.1 Å². The first-order chi connectivity index (χ1) is 7.88. The molecule has 0 aromatic heterocycles. The van der Waals surface area contributed by atoms with Crippen LogP contribution in [0.15, 0.2) is 0 Å². The summed E-state index contributed by atoms with van der Waals surface area (Å²) in [5.41, 5.74) is 0. The number of rotatable bonds is 4. The summed E-state index contributed by atoms with van der Waals surface area (Å²) in [4.78, 5) is 11.2. The van der Waals surface area contributed by atoms with Crippen molar-refractivity contribution in [1.29, 1.82) is 0 Å². The zero-order valence-electron chi connectivity index (χ0n) is 9.52. The predicted molar refractivity (Wildman–Crippen MR) is 59.9 cm³/mol. The standard InChI is InChI=1S/C11H17ClF3NO/c12-9-4-2-1-3-8(9)7-16-10(17)5-6-11(13,14)15/h8-9H,1-7H2,(H,16,17). The van der Waals surface area contributed by atoms with Crippen LogP contribution in [0.25, 0.3) is 0 Å². The number of hydrogen-bond donors (Lipinski definition) is 1. The Morgan fingerprint density at radius 2 is 1.94 bits per heavy atom. The molecule has 1 amide bonds. The highest BCUT2D eigenvalue weighted by atomic mass is 35.5. The van der Waals surface area contributed by atoms with Crippen LogP contribution < -0.4 is 5.32 Å². The van der Waals surface area contributed by atoms with Gasteiger partial charge in [0.1, 0.15) is 0 Å². The molecule has 2 atom stereocenters. The minimum atomic E-state index is -4.27. The van der Waals surface area contributed by atoms with E-state index in [0.29, 0.717) is 6.54 Å². The number of alkyl halides is 4. The molecule has 0 aliphatic heterocycles. The maximum atomic E-state index is 11.9. The van der Waals surface area contributed by atoms with Crippen molar-refractivity contribution >= 4 is 17.5 Å². The minimum absolute atomic E-state index is 0.0340. The van der Waals surface area contributed by atoms with Gasteiger partial charge < -0.3 is 5.32 Å². The van der Waals surface area contributed by atoms with Gasteiger partial charge in [0.25, 0.3) is 0 Å². The molecule has 17 heavy (non-hydrogen) atoms. The summed E-state index contributed by atoms with van der Waals surface area (Å²) >= 11 is 6.08. The van der Waals surface area contributed by atoms with E-state index in [-0.39, 0.29) is 11.3 Å². The number of carbonyl (C=O) groups excluding carboxylic acids is 1. The molecule has 0 saturated heterocycles. The zero-order chi connectivity index (χ0) is 12.9. The lowest BCUT2D eigenvalue weighted by Gasteiger charge is -2.27. The molecule has 1 aliphatic rings. The van der Waals surface area contributed by atoms with Gasteiger partial charge in [0, 0.05) is 18.3 Å². The van der Waals surface area contributed by atoms with Crippen LogP contribution in [-0.2, 0) is 4.79 Å². The molecule has 0 heterocycles. The fraction of sp³-hybridized carbons (Fsp3) is 0.909. The van der Waals surface area contributed by atoms with Gasteiger partial charge in [-0.3, -0.25) is 4.79 Å². The average Bonchev–Trinajstić information content (AvgIpc) is 2.24. The lowest BCUT2D eigenvalue weighted by atomic mass is 9.89. The van der Waals surface area contributed by atoms with E-state index in [1.54, 1.807) is 0 Å². The van der Waals surface area contributed by atoms with Crippen LogP contribution in [0.3, 0.4) is 0 Å². The van der Waals surface area contributed by atoms with Gasteiger partial charge in [-0.2, -0.15) is 13.2 Å². The van der Waals surface area contributed by atoms with Crippen LogP contribution >= 0.6 is 11.6 Å². The summed E-state index contributed by atoms with van der Waals surface area (Å²) in [5, 5.41) is 2.57. The van der Waals surface area contributed by atoms with E-state index >= 15 is 0 Å². The fourth-order valence-corrected chi connectivity index (χ4v) is 2.35. The largest absolute Gasteiger partial charge is 0.389 e. The van der Waals surface area contributed by atoms with Crippen LogP contribution in [0.4, 0.5) is 13.2 Å². The zero-order valence-corrected chi connectivity index (χ0v) is 10.3. The van der Waals surface area contributed by atoms with E-state index in [2.05, 4.69) is 5.32 Å². The smallest absolute Gasteiger partial charge is 0.356 e. The molecule has 6 heteroatoms. The summed E-state index contributed by atoms with van der Waals surface area (Å²) < 4.78 is 35.6. The molecule has 0 spiro atoms. The van der Waals surface area contributed by atoms with Gasteiger partial charge in [0.2, 0.25) is 5.91 Å². The first-order valence-corrected chi connectivity index (χ1v) is 6.29. The van der Waals surface area contributed by atoms with Gasteiger partial charge in [-0.05, 0) is 18.8 Å². The second kappa shape index (κ2) is 6.47. The van der Waals surface area contributed by atoms with Crippen molar-refractivity contribution in [2.24, 2.45) is 5.92 Å². The molecule has 2 unspecified atom stereocenters. The Balaban J connectivity index is 2.19. The Labute approximate surface area is 104 Å². The predicted octanol–water partition coefficient (Wildman–Crippen LogP) is 3.24. The molecule has 0 bridgehead atoms. The summed E-state index contributed by atoms with van der Waals surface area (Å²) in [7, 11) is 0. The molecule has 0 aromatic carbocycles. The van der Waals surface area contributed by atoms with Gasteiger partial charge >= 0.3 is 6.18 Å². The third kappa shape index (κ3) is 6.15. The fourth-order valence-electron chi connectivity index (χ4n) is 1.98. The average molecular weight is 272 g/mol. The van der Waals surface area contributed by atoms with Crippen molar-refractivity contribution in [3.63, 3.8) is 0 Å². The first kappa shape index (κ1) is 14.6. The van der Waals surface area contributed by atoms with Gasteiger partial charge in [-0.25, -0.2) is 0 Å². The number of amides is 1. The van der Waals surface area contributed by atoms with Crippen molar-refractivity contribution in [2.75, 3.05) is 6.54 Å². The Kier molecular flexibility index (Phi) is 5.56. The van der Waals surface area contributed by atoms with Gasteiger partial charge in [0.15, 0.2) is 0 Å². The Hall–Kier alpha value is -0.450. The number of halogens is 4. The Morgan fingerprint density at radius 1 is 1.29 bits per heavy atom. The molecule has 2 nitrogen and oxygen atoms in total. The molecule has 1 fully saturated rings. The number of carbonyl (C=O) groups is 1. The third-order valence-corrected chi connectivity index (χ3v) is 3.59. The van der Waals surface area contributed by atoms with Crippen molar-refractivity contribution < 1.29 is 18.0 Å². The summed E-state index contributed by atoms with van der Waals surface area (Å²) in [6.07, 6.45) is -1.80. The maximum Gasteiger partial charge on any atom is 0.389 e. The van der Waals surface area contributed by atoms with Gasteiger partial charge in [0.05, 0.1) is 6.42 Å². The molecule has 1 aliphatic carbocycles. The lowest BCUT2D eigenvalue weighted by molar-refractivity contribution is -0.144. The quantitative estimate of drug-likeness (QED) is 0.782. The van der Waals surface area contributed by atoms with Crippen molar-refractivity contribution in [1.82, 2.24) is 5.32 Å². The summed E-state index contributed by atoms with van der Waals surface area (Å²) in [6.45, 7) is 0.394. The second-order valence-electron chi connectivity index (χ2n) is 4.48. The minimum Gasteiger partial charge on any atom is -0.356 e. The molecular formula is C11H17ClF3NO. The first-order valence-electron chi connectivity index (χ1n) is 5.86. The lowest BCUT2D eigenvalue weighted by Crippen LogP contribution is -2.35. The topological polar surface area (TPSA) is 29.1 Å². The maximum absolute atomic E-state index is 11.9. The van der Waals surface area contributed by atoms with Crippen LogP contribution in [0.2, 0.25) is 0 Å². The highest BCUT2D eigenvalue weighted by Gasteiger charge is 2.28.